The number of anilines is 1. The second-order valence-corrected chi connectivity index (χ2v) is 4.00. The molecule has 2 rings (SSSR count). The average molecular weight is 254 g/mol. The summed E-state index contributed by atoms with van der Waals surface area (Å²) in [7, 11) is 1.59. The summed E-state index contributed by atoms with van der Waals surface area (Å²) in [5.74, 6) is 1.42. The predicted molar refractivity (Wildman–Crippen MR) is 72.9 cm³/mol. The first-order chi connectivity index (χ1) is 9.22. The van der Waals surface area contributed by atoms with E-state index in [1.54, 1.807) is 49.6 Å². The van der Waals surface area contributed by atoms with Crippen LogP contribution in [0.25, 0.3) is 0 Å². The second kappa shape index (κ2) is 5.78. The van der Waals surface area contributed by atoms with Crippen LogP contribution in [0.1, 0.15) is 11.1 Å². The van der Waals surface area contributed by atoms with Crippen LogP contribution in [0.5, 0.6) is 11.5 Å². The Balaban J connectivity index is 2.14. The second-order valence-electron chi connectivity index (χ2n) is 4.00. The van der Waals surface area contributed by atoms with Crippen LogP contribution in [0, 0.1) is 11.3 Å². The summed E-state index contributed by atoms with van der Waals surface area (Å²) in [4.78, 5) is 0. The summed E-state index contributed by atoms with van der Waals surface area (Å²) < 4.78 is 10.9. The Morgan fingerprint density at radius 1 is 1.16 bits per heavy atom. The van der Waals surface area contributed by atoms with Crippen molar-refractivity contribution in [1.82, 2.24) is 0 Å². The molecule has 0 fully saturated rings. The van der Waals surface area contributed by atoms with Crippen LogP contribution in [0.3, 0.4) is 0 Å². The zero-order chi connectivity index (χ0) is 13.7. The predicted octanol–water partition coefficient (Wildman–Crippen LogP) is 2.73. The molecule has 0 aliphatic heterocycles. The molecule has 96 valence electrons. The van der Waals surface area contributed by atoms with E-state index in [1.165, 1.54) is 0 Å². The number of methoxy groups -OCH3 is 1. The highest BCUT2D eigenvalue weighted by molar-refractivity contribution is 5.43. The van der Waals surface area contributed by atoms with Crippen LogP contribution in [-0.2, 0) is 6.61 Å². The maximum atomic E-state index is 8.90. The van der Waals surface area contributed by atoms with E-state index in [-0.39, 0.29) is 0 Å². The summed E-state index contributed by atoms with van der Waals surface area (Å²) in [6.45, 7) is 0.336. The molecule has 0 aliphatic carbocycles. The van der Waals surface area contributed by atoms with Crippen molar-refractivity contribution in [3.8, 4) is 17.6 Å². The molecule has 4 nitrogen and oxygen atoms in total. The fourth-order valence-electron chi connectivity index (χ4n) is 1.69. The summed E-state index contributed by atoms with van der Waals surface area (Å²) in [5.41, 5.74) is 7.71. The van der Waals surface area contributed by atoms with Gasteiger partial charge in [0.1, 0.15) is 18.1 Å². The smallest absolute Gasteiger partial charge is 0.125 e. The molecule has 0 radical (unpaired) electrons. The maximum Gasteiger partial charge on any atom is 0.125 e. The molecule has 0 aliphatic rings. The fraction of sp³-hybridized carbons (Fsp3) is 0.133. The molecular formula is C15H14N2O2. The number of ether oxygens (including phenoxy) is 2. The van der Waals surface area contributed by atoms with Crippen molar-refractivity contribution in [3.63, 3.8) is 0 Å². The number of nitrogen functional groups attached to an aromatic ring is 1. The molecule has 2 N–H and O–H groups in total. The monoisotopic (exact) mass is 254 g/mol. The van der Waals surface area contributed by atoms with Gasteiger partial charge >= 0.3 is 0 Å². The highest BCUT2D eigenvalue weighted by Crippen LogP contribution is 2.22. The van der Waals surface area contributed by atoms with Gasteiger partial charge in [0, 0.05) is 11.3 Å². The largest absolute Gasteiger partial charge is 0.496 e. The highest BCUT2D eigenvalue weighted by Gasteiger charge is 2.05. The standard InChI is InChI=1S/C15H14N2O2/c1-18-15-7-2-11(9-16)8-12(15)10-19-14-5-3-13(17)4-6-14/h2-8H,10,17H2,1H3. The van der Waals surface area contributed by atoms with Gasteiger partial charge in [-0.1, -0.05) is 0 Å². The van der Waals surface area contributed by atoms with Gasteiger partial charge < -0.3 is 15.2 Å². The van der Waals surface area contributed by atoms with E-state index in [1.807, 2.05) is 0 Å². The lowest BCUT2D eigenvalue weighted by Crippen LogP contribution is -1.99. The van der Waals surface area contributed by atoms with Gasteiger partial charge in [0.15, 0.2) is 0 Å². The van der Waals surface area contributed by atoms with Crippen molar-refractivity contribution >= 4 is 5.69 Å². The van der Waals surface area contributed by atoms with Gasteiger partial charge in [-0.05, 0) is 42.5 Å². The third-order valence-corrected chi connectivity index (χ3v) is 2.68. The van der Waals surface area contributed by atoms with E-state index in [0.717, 1.165) is 11.3 Å². The van der Waals surface area contributed by atoms with Crippen LogP contribution >= 0.6 is 0 Å². The van der Waals surface area contributed by atoms with Gasteiger partial charge in [-0.3, -0.25) is 0 Å². The molecule has 19 heavy (non-hydrogen) atoms. The van der Waals surface area contributed by atoms with Crippen molar-refractivity contribution in [3.05, 3.63) is 53.6 Å². The van der Waals surface area contributed by atoms with Gasteiger partial charge in [0.25, 0.3) is 0 Å². The van der Waals surface area contributed by atoms with Gasteiger partial charge in [0.2, 0.25) is 0 Å². The Bertz CT molecular complexity index is 601. The topological polar surface area (TPSA) is 68.3 Å². The quantitative estimate of drug-likeness (QED) is 0.852. The molecule has 0 saturated heterocycles. The zero-order valence-corrected chi connectivity index (χ0v) is 10.6. The van der Waals surface area contributed by atoms with Crippen molar-refractivity contribution in [2.75, 3.05) is 12.8 Å². The molecule has 2 aromatic carbocycles. The molecule has 0 aromatic heterocycles. The van der Waals surface area contributed by atoms with Crippen molar-refractivity contribution in [2.24, 2.45) is 0 Å². The minimum Gasteiger partial charge on any atom is -0.496 e. The number of hydrogen-bond acceptors (Lipinski definition) is 4. The molecule has 0 unspecified atom stereocenters. The van der Waals surface area contributed by atoms with Crippen LogP contribution < -0.4 is 15.2 Å². The van der Waals surface area contributed by atoms with Gasteiger partial charge in [-0.25, -0.2) is 0 Å². The third-order valence-electron chi connectivity index (χ3n) is 2.68. The zero-order valence-electron chi connectivity index (χ0n) is 10.6. The molecule has 4 heteroatoms. The van der Waals surface area contributed by atoms with E-state index in [9.17, 15) is 0 Å². The van der Waals surface area contributed by atoms with Gasteiger partial charge in [-0.15, -0.1) is 0 Å². The number of benzene rings is 2. The van der Waals surface area contributed by atoms with Crippen LogP contribution in [0.2, 0.25) is 0 Å². The van der Waals surface area contributed by atoms with Crippen molar-refractivity contribution in [1.29, 1.82) is 5.26 Å². The van der Waals surface area contributed by atoms with Crippen LogP contribution in [-0.4, -0.2) is 7.11 Å². The average Bonchev–Trinajstić information content (AvgIpc) is 2.46. The molecule has 0 spiro atoms. The minimum atomic E-state index is 0.336. The summed E-state index contributed by atoms with van der Waals surface area (Å²) in [5, 5.41) is 8.90. The van der Waals surface area contributed by atoms with Crippen molar-refractivity contribution < 1.29 is 9.47 Å². The first-order valence-corrected chi connectivity index (χ1v) is 5.78. The van der Waals surface area contributed by atoms with E-state index in [4.69, 9.17) is 20.5 Å². The molecule has 0 amide bonds. The summed E-state index contributed by atoms with van der Waals surface area (Å²) >= 11 is 0. The van der Waals surface area contributed by atoms with E-state index < -0.39 is 0 Å². The first-order valence-electron chi connectivity index (χ1n) is 5.78. The SMILES string of the molecule is COc1ccc(C#N)cc1COc1ccc(N)cc1. The molecule has 0 atom stereocenters. The van der Waals surface area contributed by atoms with Crippen LogP contribution in [0.15, 0.2) is 42.5 Å². The van der Waals surface area contributed by atoms with Crippen LogP contribution in [0.4, 0.5) is 5.69 Å². The number of rotatable bonds is 4. The normalized spacial score (nSPS) is 9.68. The van der Waals surface area contributed by atoms with Crippen molar-refractivity contribution in [2.45, 2.75) is 6.61 Å². The molecule has 0 heterocycles. The van der Waals surface area contributed by atoms with Gasteiger partial charge in [0.05, 0.1) is 18.7 Å². The molecular weight excluding hydrogens is 240 g/mol. The van der Waals surface area contributed by atoms with E-state index >= 15 is 0 Å². The Kier molecular flexibility index (Phi) is 3.89. The number of hydrogen-bond donors (Lipinski definition) is 1. The number of nitriles is 1. The lowest BCUT2D eigenvalue weighted by molar-refractivity contribution is 0.296. The third kappa shape index (κ3) is 3.17. The van der Waals surface area contributed by atoms with E-state index in [2.05, 4.69) is 6.07 Å². The Hall–Kier alpha value is -2.67. The summed E-state index contributed by atoms with van der Waals surface area (Å²) in [6.07, 6.45) is 0. The maximum absolute atomic E-state index is 8.90. The highest BCUT2D eigenvalue weighted by atomic mass is 16.5. The Labute approximate surface area is 112 Å². The first kappa shape index (κ1) is 12.8. The lowest BCUT2D eigenvalue weighted by atomic mass is 10.1. The molecule has 0 saturated carbocycles. The minimum absolute atomic E-state index is 0.336. The Morgan fingerprint density at radius 3 is 2.53 bits per heavy atom. The fourth-order valence-corrected chi connectivity index (χ4v) is 1.69. The van der Waals surface area contributed by atoms with Gasteiger partial charge in [-0.2, -0.15) is 5.26 Å². The lowest BCUT2D eigenvalue weighted by Gasteiger charge is -2.10. The number of nitrogens with zero attached hydrogens (tertiary/aromatic N) is 1. The molecule has 0 bridgehead atoms. The summed E-state index contributed by atoms with van der Waals surface area (Å²) in [6, 6.07) is 14.5. The van der Waals surface area contributed by atoms with E-state index in [0.29, 0.717) is 23.6 Å². The number of nitrogens with two attached hydrogens (primary N) is 1. The molecule has 2 aromatic rings. The Morgan fingerprint density at radius 2 is 1.89 bits per heavy atom.